The maximum absolute atomic E-state index is 9.44. The predicted octanol–water partition coefficient (Wildman–Crippen LogP) is 2.43. The first-order chi connectivity index (χ1) is 10.3. The van der Waals surface area contributed by atoms with Gasteiger partial charge in [-0.15, -0.1) is 0 Å². The van der Waals surface area contributed by atoms with E-state index < -0.39 is 0 Å². The van der Waals surface area contributed by atoms with Crippen LogP contribution in [0.2, 0.25) is 0 Å². The fourth-order valence-electron chi connectivity index (χ4n) is 3.43. The molecule has 1 saturated carbocycles. The Bertz CT molecular complexity index is 475. The molecule has 0 bridgehead atoms. The molecule has 1 aliphatic carbocycles. The Morgan fingerprint density at radius 2 is 2.29 bits per heavy atom. The molecule has 0 amide bonds. The average molecular weight is 290 g/mol. The summed E-state index contributed by atoms with van der Waals surface area (Å²) >= 11 is 0. The molecule has 1 aromatic rings. The SMILES string of the molecule is CCCC1(CNc2cc(N3CCCC3CO)ncn2)CC1. The zero-order chi connectivity index (χ0) is 14.7. The minimum atomic E-state index is 0.201. The number of hydrogen-bond donors (Lipinski definition) is 2. The fraction of sp³-hybridized carbons (Fsp3) is 0.750. The van der Waals surface area contributed by atoms with E-state index in [2.05, 4.69) is 27.1 Å². The van der Waals surface area contributed by atoms with Gasteiger partial charge in [-0.2, -0.15) is 0 Å². The van der Waals surface area contributed by atoms with Crippen molar-refractivity contribution in [3.63, 3.8) is 0 Å². The minimum Gasteiger partial charge on any atom is -0.394 e. The summed E-state index contributed by atoms with van der Waals surface area (Å²) in [6.45, 7) is 4.44. The zero-order valence-electron chi connectivity index (χ0n) is 12.9. The molecule has 2 N–H and O–H groups in total. The maximum Gasteiger partial charge on any atom is 0.134 e. The van der Waals surface area contributed by atoms with Gasteiger partial charge in [0.2, 0.25) is 0 Å². The molecule has 3 rings (SSSR count). The molecule has 0 aromatic carbocycles. The first-order valence-electron chi connectivity index (χ1n) is 8.20. The minimum absolute atomic E-state index is 0.201. The molecule has 116 valence electrons. The van der Waals surface area contributed by atoms with Crippen molar-refractivity contribution in [1.82, 2.24) is 9.97 Å². The van der Waals surface area contributed by atoms with Gasteiger partial charge in [0.25, 0.3) is 0 Å². The summed E-state index contributed by atoms with van der Waals surface area (Å²) in [7, 11) is 0. The van der Waals surface area contributed by atoms with Gasteiger partial charge in [-0.05, 0) is 37.5 Å². The normalized spacial score (nSPS) is 23.3. The molecule has 1 aliphatic heterocycles. The Balaban J connectivity index is 1.63. The van der Waals surface area contributed by atoms with Crippen LogP contribution in [0.3, 0.4) is 0 Å². The molecule has 0 spiro atoms. The first kappa shape index (κ1) is 14.6. The van der Waals surface area contributed by atoms with Crippen molar-refractivity contribution in [2.75, 3.05) is 29.9 Å². The third-order valence-electron chi connectivity index (χ3n) is 4.92. The van der Waals surface area contributed by atoms with Gasteiger partial charge in [0.05, 0.1) is 12.6 Å². The highest BCUT2D eigenvalue weighted by molar-refractivity contribution is 5.50. The predicted molar refractivity (Wildman–Crippen MR) is 84.6 cm³/mol. The summed E-state index contributed by atoms with van der Waals surface area (Å²) < 4.78 is 0. The Hall–Kier alpha value is -1.36. The molecule has 5 nitrogen and oxygen atoms in total. The lowest BCUT2D eigenvalue weighted by Crippen LogP contribution is -2.32. The van der Waals surface area contributed by atoms with E-state index in [0.29, 0.717) is 5.41 Å². The van der Waals surface area contributed by atoms with Crippen molar-refractivity contribution < 1.29 is 5.11 Å². The number of aliphatic hydroxyl groups is 1. The van der Waals surface area contributed by atoms with Gasteiger partial charge in [0.15, 0.2) is 0 Å². The standard InChI is InChI=1S/C16H26N4O/c1-2-5-16(6-7-16)11-17-14-9-15(19-12-18-14)20-8-3-4-13(20)10-21/h9,12-13,21H,2-8,10-11H2,1H3,(H,17,18,19). The Morgan fingerprint density at radius 3 is 3.00 bits per heavy atom. The van der Waals surface area contributed by atoms with Gasteiger partial charge in [-0.25, -0.2) is 9.97 Å². The second-order valence-corrected chi connectivity index (χ2v) is 6.54. The van der Waals surface area contributed by atoms with Crippen LogP contribution in [-0.2, 0) is 0 Å². The molecular weight excluding hydrogens is 264 g/mol. The zero-order valence-corrected chi connectivity index (χ0v) is 12.9. The molecule has 0 radical (unpaired) electrons. The van der Waals surface area contributed by atoms with Crippen molar-refractivity contribution in [2.45, 2.75) is 51.5 Å². The van der Waals surface area contributed by atoms with E-state index in [4.69, 9.17) is 0 Å². The van der Waals surface area contributed by atoms with Crippen LogP contribution in [0.25, 0.3) is 0 Å². The quantitative estimate of drug-likeness (QED) is 0.807. The van der Waals surface area contributed by atoms with Crippen LogP contribution < -0.4 is 10.2 Å². The molecule has 2 fully saturated rings. The molecule has 2 aliphatic rings. The third-order valence-corrected chi connectivity index (χ3v) is 4.92. The van der Waals surface area contributed by atoms with E-state index in [-0.39, 0.29) is 12.6 Å². The number of nitrogens with zero attached hydrogens (tertiary/aromatic N) is 3. The summed E-state index contributed by atoms with van der Waals surface area (Å²) in [6.07, 6.45) is 9.03. The summed E-state index contributed by atoms with van der Waals surface area (Å²) in [5.74, 6) is 1.84. The largest absolute Gasteiger partial charge is 0.394 e. The van der Waals surface area contributed by atoms with E-state index in [0.717, 1.165) is 37.6 Å². The van der Waals surface area contributed by atoms with Crippen LogP contribution >= 0.6 is 0 Å². The second-order valence-electron chi connectivity index (χ2n) is 6.54. The highest BCUT2D eigenvalue weighted by atomic mass is 16.3. The van der Waals surface area contributed by atoms with Gasteiger partial charge in [0, 0.05) is 19.2 Å². The van der Waals surface area contributed by atoms with Crippen molar-refractivity contribution in [3.8, 4) is 0 Å². The Kier molecular flexibility index (Phi) is 4.29. The number of aromatic nitrogens is 2. The Morgan fingerprint density at radius 1 is 1.43 bits per heavy atom. The first-order valence-corrected chi connectivity index (χ1v) is 8.20. The summed E-state index contributed by atoms with van der Waals surface area (Å²) in [6, 6.07) is 2.23. The van der Waals surface area contributed by atoms with Crippen LogP contribution in [-0.4, -0.2) is 40.8 Å². The molecule has 1 aromatic heterocycles. The van der Waals surface area contributed by atoms with Gasteiger partial charge >= 0.3 is 0 Å². The van der Waals surface area contributed by atoms with E-state index >= 15 is 0 Å². The lowest BCUT2D eigenvalue weighted by Gasteiger charge is -2.24. The smallest absolute Gasteiger partial charge is 0.134 e. The number of anilines is 2. The summed E-state index contributed by atoms with van der Waals surface area (Å²) in [5, 5.41) is 12.9. The number of hydrogen-bond acceptors (Lipinski definition) is 5. The van der Waals surface area contributed by atoms with E-state index in [1.807, 2.05) is 6.07 Å². The lowest BCUT2D eigenvalue weighted by molar-refractivity contribution is 0.266. The van der Waals surface area contributed by atoms with Gasteiger partial charge in [0.1, 0.15) is 18.0 Å². The molecule has 21 heavy (non-hydrogen) atoms. The topological polar surface area (TPSA) is 61.3 Å². The molecule has 1 saturated heterocycles. The summed E-state index contributed by atoms with van der Waals surface area (Å²) in [5.41, 5.74) is 0.515. The molecule has 5 heteroatoms. The highest BCUT2D eigenvalue weighted by Crippen LogP contribution is 2.49. The second kappa shape index (κ2) is 6.18. The summed E-state index contributed by atoms with van der Waals surface area (Å²) in [4.78, 5) is 10.9. The van der Waals surface area contributed by atoms with Crippen molar-refractivity contribution in [2.24, 2.45) is 5.41 Å². The molecule has 2 heterocycles. The Labute approximate surface area is 126 Å². The van der Waals surface area contributed by atoms with Gasteiger partial charge in [-0.1, -0.05) is 13.3 Å². The number of aliphatic hydroxyl groups excluding tert-OH is 1. The van der Waals surface area contributed by atoms with Gasteiger partial charge < -0.3 is 15.3 Å². The average Bonchev–Trinajstić information content (AvgIpc) is 3.11. The number of nitrogens with one attached hydrogen (secondary N) is 1. The van der Waals surface area contributed by atoms with E-state index in [1.165, 1.54) is 25.7 Å². The van der Waals surface area contributed by atoms with Crippen LogP contribution in [0, 0.1) is 5.41 Å². The third kappa shape index (κ3) is 3.28. The van der Waals surface area contributed by atoms with Crippen LogP contribution in [0.4, 0.5) is 11.6 Å². The lowest BCUT2D eigenvalue weighted by atomic mass is 10.0. The van der Waals surface area contributed by atoms with E-state index in [9.17, 15) is 5.11 Å². The molecular formula is C16H26N4O. The van der Waals surface area contributed by atoms with Crippen molar-refractivity contribution >= 4 is 11.6 Å². The maximum atomic E-state index is 9.44. The van der Waals surface area contributed by atoms with E-state index in [1.54, 1.807) is 6.33 Å². The molecule has 1 atom stereocenters. The van der Waals surface area contributed by atoms with Crippen LogP contribution in [0.15, 0.2) is 12.4 Å². The molecule has 1 unspecified atom stereocenters. The van der Waals surface area contributed by atoms with Crippen molar-refractivity contribution in [3.05, 3.63) is 12.4 Å². The number of rotatable bonds is 7. The van der Waals surface area contributed by atoms with Gasteiger partial charge in [-0.3, -0.25) is 0 Å². The van der Waals surface area contributed by atoms with Crippen LogP contribution in [0.1, 0.15) is 45.4 Å². The highest BCUT2D eigenvalue weighted by Gasteiger charge is 2.41. The van der Waals surface area contributed by atoms with Crippen LogP contribution in [0.5, 0.6) is 0 Å². The monoisotopic (exact) mass is 290 g/mol. The van der Waals surface area contributed by atoms with Crippen molar-refractivity contribution in [1.29, 1.82) is 0 Å². The fourth-order valence-corrected chi connectivity index (χ4v) is 3.43.